The lowest BCUT2D eigenvalue weighted by atomic mass is 10.1. The summed E-state index contributed by atoms with van der Waals surface area (Å²) >= 11 is 0. The second-order valence-corrected chi connectivity index (χ2v) is 5.48. The zero-order valence-corrected chi connectivity index (χ0v) is 11.1. The van der Waals surface area contributed by atoms with Crippen LogP contribution in [0.4, 0.5) is 0 Å². The van der Waals surface area contributed by atoms with Gasteiger partial charge in [0.1, 0.15) is 10.6 Å². The molecule has 0 atom stereocenters. The highest BCUT2D eigenvalue weighted by molar-refractivity contribution is 7.87. The Balaban J connectivity index is 2.24. The molecule has 5 heteroatoms. The number of hydrogen-bond donors (Lipinski definition) is 0. The Bertz CT molecular complexity index is 673. The average Bonchev–Trinajstić information content (AvgIpc) is 2.40. The molecule has 0 saturated carbocycles. The Kier molecular flexibility index (Phi) is 3.66. The van der Waals surface area contributed by atoms with Crippen molar-refractivity contribution in [3.05, 3.63) is 60.2 Å². The SMILES string of the molecule is CC(=O)c1ccc(OS(=O)(=O)c2ccccc2)cc1. The van der Waals surface area contributed by atoms with Crippen molar-refractivity contribution >= 4 is 15.9 Å². The fourth-order valence-corrected chi connectivity index (χ4v) is 2.46. The van der Waals surface area contributed by atoms with Gasteiger partial charge in [0.2, 0.25) is 0 Å². The molecule has 2 rings (SSSR count). The third kappa shape index (κ3) is 3.20. The second kappa shape index (κ2) is 5.24. The highest BCUT2D eigenvalue weighted by Crippen LogP contribution is 2.19. The Morgan fingerprint density at radius 2 is 1.53 bits per heavy atom. The average molecular weight is 276 g/mol. The molecule has 2 aromatic carbocycles. The summed E-state index contributed by atoms with van der Waals surface area (Å²) in [5.74, 6) is 0.0892. The molecule has 19 heavy (non-hydrogen) atoms. The van der Waals surface area contributed by atoms with Crippen LogP contribution in [0, 0.1) is 0 Å². The third-order valence-electron chi connectivity index (χ3n) is 2.50. The zero-order chi connectivity index (χ0) is 13.9. The van der Waals surface area contributed by atoms with Crippen molar-refractivity contribution < 1.29 is 17.4 Å². The minimum Gasteiger partial charge on any atom is -0.379 e. The van der Waals surface area contributed by atoms with Crippen LogP contribution >= 0.6 is 0 Å². The van der Waals surface area contributed by atoms with Crippen molar-refractivity contribution in [2.24, 2.45) is 0 Å². The number of rotatable bonds is 4. The molecule has 0 N–H and O–H groups in total. The van der Waals surface area contributed by atoms with Crippen molar-refractivity contribution in [3.8, 4) is 5.75 Å². The quantitative estimate of drug-likeness (QED) is 0.636. The van der Waals surface area contributed by atoms with Crippen LogP contribution in [0.25, 0.3) is 0 Å². The van der Waals surface area contributed by atoms with E-state index in [9.17, 15) is 13.2 Å². The molecule has 0 amide bonds. The van der Waals surface area contributed by atoms with Crippen LogP contribution < -0.4 is 4.18 Å². The van der Waals surface area contributed by atoms with Gasteiger partial charge in [-0.25, -0.2) is 0 Å². The summed E-state index contributed by atoms with van der Waals surface area (Å²) in [5.41, 5.74) is 0.504. The number of benzene rings is 2. The van der Waals surface area contributed by atoms with Gasteiger partial charge in [-0.3, -0.25) is 4.79 Å². The van der Waals surface area contributed by atoms with Gasteiger partial charge in [-0.2, -0.15) is 8.42 Å². The largest absolute Gasteiger partial charge is 0.379 e. The molecular weight excluding hydrogens is 264 g/mol. The molecule has 0 aromatic heterocycles. The van der Waals surface area contributed by atoms with E-state index in [2.05, 4.69) is 0 Å². The summed E-state index contributed by atoms with van der Waals surface area (Å²) in [6, 6.07) is 13.8. The van der Waals surface area contributed by atoms with E-state index < -0.39 is 10.1 Å². The van der Waals surface area contributed by atoms with Gasteiger partial charge in [-0.1, -0.05) is 18.2 Å². The van der Waals surface area contributed by atoms with Gasteiger partial charge in [0.15, 0.2) is 5.78 Å². The van der Waals surface area contributed by atoms with Crippen LogP contribution in [0.2, 0.25) is 0 Å². The maximum Gasteiger partial charge on any atom is 0.339 e. The molecule has 0 heterocycles. The van der Waals surface area contributed by atoms with E-state index in [0.29, 0.717) is 5.56 Å². The molecule has 4 nitrogen and oxygen atoms in total. The molecule has 0 aliphatic heterocycles. The summed E-state index contributed by atoms with van der Waals surface area (Å²) < 4.78 is 28.8. The van der Waals surface area contributed by atoms with Gasteiger partial charge in [-0.05, 0) is 43.3 Å². The van der Waals surface area contributed by atoms with E-state index in [1.807, 2.05) is 0 Å². The van der Waals surface area contributed by atoms with Crippen LogP contribution in [0.3, 0.4) is 0 Å². The van der Waals surface area contributed by atoms with Gasteiger partial charge in [0.05, 0.1) is 0 Å². The maximum absolute atomic E-state index is 11.9. The van der Waals surface area contributed by atoms with Gasteiger partial charge < -0.3 is 4.18 Å². The molecule has 0 bridgehead atoms. The Labute approximate surface area is 111 Å². The Morgan fingerprint density at radius 1 is 0.947 bits per heavy atom. The first-order valence-corrected chi connectivity index (χ1v) is 7.00. The van der Waals surface area contributed by atoms with Crippen LogP contribution in [0.5, 0.6) is 5.75 Å². The molecule has 0 radical (unpaired) electrons. The minimum atomic E-state index is -3.83. The van der Waals surface area contributed by atoms with E-state index in [1.54, 1.807) is 18.2 Å². The molecule has 0 spiro atoms. The second-order valence-electron chi connectivity index (χ2n) is 3.93. The summed E-state index contributed by atoms with van der Waals surface area (Å²) in [7, 11) is -3.83. The van der Waals surface area contributed by atoms with Crippen molar-refractivity contribution in [1.82, 2.24) is 0 Å². The van der Waals surface area contributed by atoms with Gasteiger partial charge >= 0.3 is 10.1 Å². The number of hydrogen-bond acceptors (Lipinski definition) is 4. The van der Waals surface area contributed by atoms with Crippen LogP contribution in [-0.2, 0) is 10.1 Å². The lowest BCUT2D eigenvalue weighted by Crippen LogP contribution is -2.09. The van der Waals surface area contributed by atoms with Gasteiger partial charge in [0.25, 0.3) is 0 Å². The van der Waals surface area contributed by atoms with E-state index in [-0.39, 0.29) is 16.4 Å². The predicted molar refractivity (Wildman–Crippen MR) is 70.7 cm³/mol. The molecular formula is C14H12O4S. The maximum atomic E-state index is 11.9. The Morgan fingerprint density at radius 3 is 2.05 bits per heavy atom. The summed E-state index contributed by atoms with van der Waals surface area (Å²) in [6.45, 7) is 1.44. The molecule has 0 saturated heterocycles. The van der Waals surface area contributed by atoms with Crippen molar-refractivity contribution in [2.45, 2.75) is 11.8 Å². The lowest BCUT2D eigenvalue weighted by molar-refractivity contribution is 0.101. The molecule has 0 aliphatic rings. The van der Waals surface area contributed by atoms with Gasteiger partial charge in [-0.15, -0.1) is 0 Å². The van der Waals surface area contributed by atoms with E-state index in [0.717, 1.165) is 0 Å². The lowest BCUT2D eigenvalue weighted by Gasteiger charge is -2.07. The molecule has 0 unspecified atom stereocenters. The van der Waals surface area contributed by atoms with E-state index in [1.165, 1.54) is 43.3 Å². The first-order valence-electron chi connectivity index (χ1n) is 5.59. The minimum absolute atomic E-state index is 0.0857. The number of carbonyl (C=O) groups is 1. The first-order chi connectivity index (χ1) is 8.99. The van der Waals surface area contributed by atoms with Crippen molar-refractivity contribution in [1.29, 1.82) is 0 Å². The topological polar surface area (TPSA) is 60.4 Å². The van der Waals surface area contributed by atoms with Gasteiger partial charge in [0, 0.05) is 5.56 Å². The fourth-order valence-electron chi connectivity index (χ4n) is 1.51. The third-order valence-corrected chi connectivity index (χ3v) is 3.76. The van der Waals surface area contributed by atoms with E-state index >= 15 is 0 Å². The fraction of sp³-hybridized carbons (Fsp3) is 0.0714. The first kappa shape index (κ1) is 13.3. The normalized spacial score (nSPS) is 11.0. The highest BCUT2D eigenvalue weighted by Gasteiger charge is 2.15. The predicted octanol–water partition coefficient (Wildman–Crippen LogP) is 2.66. The Hall–Kier alpha value is -2.14. The smallest absolute Gasteiger partial charge is 0.339 e. The number of carbonyl (C=O) groups excluding carboxylic acids is 1. The molecule has 98 valence electrons. The van der Waals surface area contributed by atoms with Crippen molar-refractivity contribution in [3.63, 3.8) is 0 Å². The number of ketones is 1. The summed E-state index contributed by atoms with van der Waals surface area (Å²) in [6.07, 6.45) is 0. The highest BCUT2D eigenvalue weighted by atomic mass is 32.2. The molecule has 0 aliphatic carbocycles. The standard InChI is InChI=1S/C14H12O4S/c1-11(15)12-7-9-13(10-8-12)18-19(16,17)14-5-3-2-4-6-14/h2-10H,1H3. The monoisotopic (exact) mass is 276 g/mol. The molecule has 2 aromatic rings. The van der Waals surface area contributed by atoms with Crippen molar-refractivity contribution in [2.75, 3.05) is 0 Å². The molecule has 0 fully saturated rings. The summed E-state index contributed by atoms with van der Waals surface area (Å²) in [4.78, 5) is 11.2. The number of Topliss-reactive ketones (excluding diaryl/α,β-unsaturated/α-hetero) is 1. The summed E-state index contributed by atoms with van der Waals surface area (Å²) in [5, 5.41) is 0. The van der Waals surface area contributed by atoms with E-state index in [4.69, 9.17) is 4.18 Å². The van der Waals surface area contributed by atoms with Crippen LogP contribution in [0.1, 0.15) is 17.3 Å². The zero-order valence-electron chi connectivity index (χ0n) is 10.2. The van der Waals surface area contributed by atoms with Crippen LogP contribution in [0.15, 0.2) is 59.5 Å². The van der Waals surface area contributed by atoms with Crippen LogP contribution in [-0.4, -0.2) is 14.2 Å².